The minimum absolute atomic E-state index is 0.222. The van der Waals surface area contributed by atoms with Crippen molar-refractivity contribution in [1.29, 1.82) is 0 Å². The predicted molar refractivity (Wildman–Crippen MR) is 72.3 cm³/mol. The molecule has 0 spiro atoms. The van der Waals surface area contributed by atoms with Crippen molar-refractivity contribution >= 4 is 16.0 Å². The number of carbonyl (C=O) groups is 1. The van der Waals surface area contributed by atoms with Crippen LogP contribution < -0.4 is 4.74 Å². The topological polar surface area (TPSA) is 83.9 Å². The Bertz CT molecular complexity index is 605. The van der Waals surface area contributed by atoms with E-state index in [-0.39, 0.29) is 4.90 Å². The molecule has 0 radical (unpaired) electrons. The zero-order chi connectivity index (χ0) is 14.8. The molecule has 0 aliphatic carbocycles. The molecule has 1 heterocycles. The molecule has 0 aromatic heterocycles. The van der Waals surface area contributed by atoms with E-state index >= 15 is 0 Å². The Balaban J connectivity index is 2.22. The molecule has 110 valence electrons. The first-order chi connectivity index (χ1) is 9.41. The summed E-state index contributed by atoms with van der Waals surface area (Å²) in [5.74, 6) is -0.689. The number of carboxylic acids is 1. The monoisotopic (exact) mass is 299 g/mol. The van der Waals surface area contributed by atoms with Gasteiger partial charge in [-0.1, -0.05) is 0 Å². The predicted octanol–water partition coefficient (Wildman–Crippen LogP) is 1.24. The summed E-state index contributed by atoms with van der Waals surface area (Å²) in [6, 6.07) is 4.48. The lowest BCUT2D eigenvalue weighted by Crippen LogP contribution is -2.27. The van der Waals surface area contributed by atoms with Gasteiger partial charge in [0, 0.05) is 13.1 Å². The summed E-state index contributed by atoms with van der Waals surface area (Å²) in [7, 11) is -3.45. The van der Waals surface area contributed by atoms with Crippen molar-refractivity contribution in [3.8, 4) is 5.75 Å². The van der Waals surface area contributed by atoms with E-state index in [4.69, 9.17) is 9.84 Å². The highest BCUT2D eigenvalue weighted by Crippen LogP contribution is 2.25. The molecule has 1 saturated heterocycles. The number of sulfonamides is 1. The Morgan fingerprint density at radius 1 is 1.35 bits per heavy atom. The molecule has 2 rings (SSSR count). The third-order valence-corrected chi connectivity index (χ3v) is 5.09. The summed E-state index contributed by atoms with van der Waals surface area (Å²) in [6.45, 7) is 2.36. The maximum atomic E-state index is 12.4. The molecular weight excluding hydrogens is 282 g/mol. The summed E-state index contributed by atoms with van der Waals surface area (Å²) >= 11 is 0. The zero-order valence-corrected chi connectivity index (χ0v) is 12.0. The van der Waals surface area contributed by atoms with E-state index in [1.807, 2.05) is 0 Å². The van der Waals surface area contributed by atoms with Gasteiger partial charge in [0.2, 0.25) is 10.0 Å². The first-order valence-corrected chi connectivity index (χ1v) is 7.80. The van der Waals surface area contributed by atoms with Crippen LogP contribution in [0.1, 0.15) is 18.4 Å². The second-order valence-corrected chi connectivity index (χ2v) is 6.66. The fourth-order valence-electron chi connectivity index (χ4n) is 2.16. The van der Waals surface area contributed by atoms with Crippen molar-refractivity contribution < 1.29 is 23.1 Å². The molecular formula is C13H17NO5S. The fraction of sp³-hybridized carbons (Fsp3) is 0.462. The van der Waals surface area contributed by atoms with Crippen molar-refractivity contribution in [3.63, 3.8) is 0 Å². The van der Waals surface area contributed by atoms with E-state index in [0.717, 1.165) is 12.8 Å². The summed E-state index contributed by atoms with van der Waals surface area (Å²) in [5.41, 5.74) is 0.603. The molecule has 1 aliphatic heterocycles. The smallest absolute Gasteiger partial charge is 0.341 e. The van der Waals surface area contributed by atoms with Crippen LogP contribution in [0, 0.1) is 6.92 Å². The number of hydrogen-bond donors (Lipinski definition) is 1. The van der Waals surface area contributed by atoms with Gasteiger partial charge in [-0.3, -0.25) is 0 Å². The van der Waals surface area contributed by atoms with Gasteiger partial charge in [-0.2, -0.15) is 4.31 Å². The van der Waals surface area contributed by atoms with Gasteiger partial charge in [0.1, 0.15) is 5.75 Å². The average molecular weight is 299 g/mol. The SMILES string of the molecule is Cc1cc(S(=O)(=O)N2CCCC2)ccc1OCC(=O)O. The van der Waals surface area contributed by atoms with Crippen LogP contribution in [0.25, 0.3) is 0 Å². The third kappa shape index (κ3) is 3.10. The molecule has 0 saturated carbocycles. The standard InChI is InChI=1S/C13H17NO5S/c1-10-8-11(4-5-12(10)19-9-13(15)16)20(17,18)14-6-2-3-7-14/h4-5,8H,2-3,6-7,9H2,1H3,(H,15,16). The molecule has 0 unspecified atom stereocenters. The molecule has 1 N–H and O–H groups in total. The third-order valence-electron chi connectivity index (χ3n) is 3.20. The first kappa shape index (κ1) is 14.8. The largest absolute Gasteiger partial charge is 0.482 e. The van der Waals surface area contributed by atoms with Gasteiger partial charge in [-0.15, -0.1) is 0 Å². The van der Waals surface area contributed by atoms with Gasteiger partial charge in [-0.05, 0) is 43.5 Å². The first-order valence-electron chi connectivity index (χ1n) is 6.36. The molecule has 7 heteroatoms. The lowest BCUT2D eigenvalue weighted by atomic mass is 10.2. The number of carboxylic acid groups (broad SMARTS) is 1. The maximum absolute atomic E-state index is 12.4. The fourth-order valence-corrected chi connectivity index (χ4v) is 3.76. The Morgan fingerprint density at radius 3 is 2.55 bits per heavy atom. The van der Waals surface area contributed by atoms with E-state index in [9.17, 15) is 13.2 Å². The van der Waals surface area contributed by atoms with E-state index < -0.39 is 22.6 Å². The van der Waals surface area contributed by atoms with E-state index in [2.05, 4.69) is 0 Å². The van der Waals surface area contributed by atoms with Crippen LogP contribution >= 0.6 is 0 Å². The van der Waals surface area contributed by atoms with E-state index in [1.165, 1.54) is 22.5 Å². The molecule has 1 aliphatic rings. The second kappa shape index (κ2) is 5.80. The number of aliphatic carboxylic acids is 1. The molecule has 1 fully saturated rings. The highest BCUT2D eigenvalue weighted by atomic mass is 32.2. The van der Waals surface area contributed by atoms with Crippen LogP contribution in [0.3, 0.4) is 0 Å². The average Bonchev–Trinajstić information content (AvgIpc) is 2.91. The molecule has 20 heavy (non-hydrogen) atoms. The number of benzene rings is 1. The molecule has 1 aromatic carbocycles. The maximum Gasteiger partial charge on any atom is 0.341 e. The summed E-state index contributed by atoms with van der Waals surface area (Å²) in [6.07, 6.45) is 1.77. The molecule has 0 atom stereocenters. The summed E-state index contributed by atoms with van der Waals surface area (Å²) < 4.78 is 31.3. The molecule has 1 aromatic rings. The second-order valence-electron chi connectivity index (χ2n) is 4.72. The Labute approximate surface area is 118 Å². The van der Waals surface area contributed by atoms with Crippen molar-refractivity contribution in [3.05, 3.63) is 23.8 Å². The number of hydrogen-bond acceptors (Lipinski definition) is 4. The van der Waals surface area contributed by atoms with Crippen molar-refractivity contribution in [2.24, 2.45) is 0 Å². The van der Waals surface area contributed by atoms with Gasteiger partial charge in [0.25, 0.3) is 0 Å². The minimum atomic E-state index is -3.45. The highest BCUT2D eigenvalue weighted by Gasteiger charge is 2.27. The van der Waals surface area contributed by atoms with Crippen LogP contribution in [0.4, 0.5) is 0 Å². The Kier molecular flexibility index (Phi) is 4.29. The van der Waals surface area contributed by atoms with Gasteiger partial charge in [-0.25, -0.2) is 13.2 Å². The van der Waals surface area contributed by atoms with Crippen LogP contribution in [0.15, 0.2) is 23.1 Å². The van der Waals surface area contributed by atoms with Gasteiger partial charge >= 0.3 is 5.97 Å². The normalized spacial score (nSPS) is 16.2. The molecule has 0 amide bonds. The quantitative estimate of drug-likeness (QED) is 0.884. The van der Waals surface area contributed by atoms with Crippen LogP contribution in [-0.2, 0) is 14.8 Å². The van der Waals surface area contributed by atoms with Crippen molar-refractivity contribution in [1.82, 2.24) is 4.31 Å². The molecule has 6 nitrogen and oxygen atoms in total. The lowest BCUT2D eigenvalue weighted by molar-refractivity contribution is -0.139. The van der Waals surface area contributed by atoms with Crippen LogP contribution in [0.5, 0.6) is 5.75 Å². The van der Waals surface area contributed by atoms with Gasteiger partial charge in [0.05, 0.1) is 4.90 Å². The van der Waals surface area contributed by atoms with Gasteiger partial charge < -0.3 is 9.84 Å². The summed E-state index contributed by atoms with van der Waals surface area (Å²) in [5, 5.41) is 8.57. The number of aryl methyl sites for hydroxylation is 1. The zero-order valence-electron chi connectivity index (χ0n) is 11.2. The van der Waals surface area contributed by atoms with E-state index in [1.54, 1.807) is 6.92 Å². The van der Waals surface area contributed by atoms with Crippen LogP contribution in [0.2, 0.25) is 0 Å². The van der Waals surface area contributed by atoms with E-state index in [0.29, 0.717) is 24.4 Å². The number of nitrogens with zero attached hydrogens (tertiary/aromatic N) is 1. The van der Waals surface area contributed by atoms with Crippen LogP contribution in [-0.4, -0.2) is 43.5 Å². The highest BCUT2D eigenvalue weighted by molar-refractivity contribution is 7.89. The minimum Gasteiger partial charge on any atom is -0.482 e. The number of ether oxygens (including phenoxy) is 1. The molecule has 0 bridgehead atoms. The Hall–Kier alpha value is -1.60. The summed E-state index contributed by atoms with van der Waals surface area (Å²) in [4.78, 5) is 10.7. The lowest BCUT2D eigenvalue weighted by Gasteiger charge is -2.16. The van der Waals surface area contributed by atoms with Crippen molar-refractivity contribution in [2.45, 2.75) is 24.7 Å². The van der Waals surface area contributed by atoms with Crippen molar-refractivity contribution in [2.75, 3.05) is 19.7 Å². The number of rotatable bonds is 5. The Morgan fingerprint density at radius 2 is 2.00 bits per heavy atom. The van der Waals surface area contributed by atoms with Gasteiger partial charge in [0.15, 0.2) is 6.61 Å².